The van der Waals surface area contributed by atoms with Crippen molar-refractivity contribution in [1.29, 1.82) is 0 Å². The van der Waals surface area contributed by atoms with Gasteiger partial charge in [-0.3, -0.25) is 9.69 Å². The molecule has 2 heterocycles. The number of anilines is 1. The molecule has 0 saturated heterocycles. The van der Waals surface area contributed by atoms with E-state index in [1.54, 1.807) is 18.2 Å². The summed E-state index contributed by atoms with van der Waals surface area (Å²) >= 11 is 21.0. The number of hydrogen-bond acceptors (Lipinski definition) is 7. The summed E-state index contributed by atoms with van der Waals surface area (Å²) in [5.74, 6) is 3.17. The first-order chi connectivity index (χ1) is 32.7. The van der Waals surface area contributed by atoms with E-state index < -0.39 is 5.97 Å². The Bertz CT molecular complexity index is 2460. The van der Waals surface area contributed by atoms with Gasteiger partial charge < -0.3 is 19.5 Å². The van der Waals surface area contributed by atoms with E-state index in [0.717, 1.165) is 112 Å². The molecule has 68 heavy (non-hydrogen) atoms. The minimum absolute atomic E-state index is 0.101. The molecule has 0 spiro atoms. The summed E-state index contributed by atoms with van der Waals surface area (Å²) in [6.07, 6.45) is 25.1. The molecular formula is C57H68Cl3N3O4S. The molecule has 2 aliphatic heterocycles. The number of hydrogen-bond donors (Lipinski definition) is 0. The number of carboxylic acid groups (broad SMARTS) is 1. The highest BCUT2D eigenvalue weighted by Crippen LogP contribution is 2.48. The van der Waals surface area contributed by atoms with Crippen molar-refractivity contribution in [2.75, 3.05) is 50.0 Å². The SMILES string of the molecule is C#CCN(CCCOc1ccc(Cl)cc1Cl)CCCSC(=O)CCCCCN1/C(=C\C=C2/CCCC(/C=C/C3=[N+](CCCCCC(=O)[O-])c4ccccc4C3(C)C)=C2Cl)C(C)(C)c2ccccc21. The minimum atomic E-state index is -0.983. The molecule has 11 heteroatoms. The number of terminal acetylenes is 1. The fourth-order valence-corrected chi connectivity index (χ4v) is 11.3. The van der Waals surface area contributed by atoms with E-state index in [4.69, 9.17) is 46.0 Å². The third-order valence-corrected chi connectivity index (χ3v) is 15.5. The lowest BCUT2D eigenvalue weighted by molar-refractivity contribution is -0.438. The van der Waals surface area contributed by atoms with Crippen molar-refractivity contribution in [2.45, 2.75) is 122 Å². The van der Waals surface area contributed by atoms with E-state index in [1.165, 1.54) is 45.7 Å². The van der Waals surface area contributed by atoms with E-state index in [9.17, 15) is 14.7 Å². The lowest BCUT2D eigenvalue weighted by Gasteiger charge is -2.27. The first kappa shape index (κ1) is 53.1. The minimum Gasteiger partial charge on any atom is -0.550 e. The van der Waals surface area contributed by atoms with Crippen LogP contribution in [0.1, 0.15) is 122 Å². The predicted molar refractivity (Wildman–Crippen MR) is 284 cm³/mol. The largest absolute Gasteiger partial charge is 0.550 e. The van der Waals surface area contributed by atoms with Crippen LogP contribution in [0.3, 0.4) is 0 Å². The summed E-state index contributed by atoms with van der Waals surface area (Å²) in [5.41, 5.74) is 9.52. The fourth-order valence-electron chi connectivity index (χ4n) is 9.77. The Morgan fingerprint density at radius 2 is 1.59 bits per heavy atom. The highest BCUT2D eigenvalue weighted by atomic mass is 35.5. The number of para-hydroxylation sites is 2. The number of benzene rings is 3. The van der Waals surface area contributed by atoms with Crippen molar-refractivity contribution in [1.82, 2.24) is 4.90 Å². The van der Waals surface area contributed by atoms with Crippen molar-refractivity contribution in [3.63, 3.8) is 0 Å². The number of carbonyl (C=O) groups is 2. The Kier molecular flexibility index (Phi) is 20.0. The molecule has 0 bridgehead atoms. The van der Waals surface area contributed by atoms with Gasteiger partial charge in [0.05, 0.1) is 23.6 Å². The molecule has 0 fully saturated rings. The van der Waals surface area contributed by atoms with Gasteiger partial charge in [-0.2, -0.15) is 4.58 Å². The standard InChI is InChI=1S/C57H68Cl3N3O4S/c1-6-34-61(35-18-39-67-50-31-30-44(58)41-47(50)59)36-19-40-68-54(66)27-10-8-16-38-63-49-25-14-12-23-46(49)57(4,5)52(63)33-29-43-21-17-20-42(55(43)60)28-32-51-56(2,3)45-22-11-13-24-48(45)62(51)37-15-7-9-26-53(64)65/h1,11-14,22-25,28-33,41H,7-10,15-21,26-27,34-40H2,2-5H3. The zero-order chi connectivity index (χ0) is 48.7. The number of carboxylic acids is 1. The Labute approximate surface area is 425 Å². The molecule has 6 rings (SSSR count). The first-order valence-electron chi connectivity index (χ1n) is 24.4. The summed E-state index contributed by atoms with van der Waals surface area (Å²) < 4.78 is 8.25. The molecule has 3 aliphatic rings. The van der Waals surface area contributed by atoms with Gasteiger partial charge in [0.15, 0.2) is 10.8 Å². The zero-order valence-corrected chi connectivity index (χ0v) is 43.5. The maximum Gasteiger partial charge on any atom is 0.209 e. The molecule has 362 valence electrons. The lowest BCUT2D eigenvalue weighted by Crippen LogP contribution is -2.28. The number of ether oxygens (including phenoxy) is 1. The van der Waals surface area contributed by atoms with Crippen molar-refractivity contribution >= 4 is 74.7 Å². The Hall–Kier alpha value is -4.23. The third-order valence-electron chi connectivity index (χ3n) is 13.4. The molecule has 3 aromatic carbocycles. The molecule has 0 N–H and O–H groups in total. The maximum absolute atomic E-state index is 12.9. The number of aliphatic carboxylic acids is 1. The van der Waals surface area contributed by atoms with Crippen molar-refractivity contribution in [3.05, 3.63) is 134 Å². The van der Waals surface area contributed by atoms with Crippen LogP contribution in [0.2, 0.25) is 10.0 Å². The smallest absolute Gasteiger partial charge is 0.209 e. The molecule has 3 aromatic rings. The highest BCUT2D eigenvalue weighted by molar-refractivity contribution is 8.13. The molecule has 0 atom stereocenters. The van der Waals surface area contributed by atoms with Gasteiger partial charge >= 0.3 is 0 Å². The molecule has 0 amide bonds. The molecule has 0 radical (unpaired) electrons. The second-order valence-electron chi connectivity index (χ2n) is 19.1. The molecule has 1 aliphatic carbocycles. The van der Waals surface area contributed by atoms with Gasteiger partial charge in [0.1, 0.15) is 12.3 Å². The number of thioether (sulfide) groups is 1. The third kappa shape index (κ3) is 14.0. The Morgan fingerprint density at radius 3 is 2.37 bits per heavy atom. The topological polar surface area (TPSA) is 75.9 Å². The highest BCUT2D eigenvalue weighted by Gasteiger charge is 2.44. The van der Waals surface area contributed by atoms with Gasteiger partial charge in [-0.05, 0) is 132 Å². The predicted octanol–water partition coefficient (Wildman–Crippen LogP) is 13.1. The first-order valence-corrected chi connectivity index (χ1v) is 26.5. The van der Waals surface area contributed by atoms with Gasteiger partial charge in [0.25, 0.3) is 0 Å². The van der Waals surface area contributed by atoms with Gasteiger partial charge in [0, 0.05) is 82.2 Å². The summed E-state index contributed by atoms with van der Waals surface area (Å²) in [4.78, 5) is 28.6. The summed E-state index contributed by atoms with van der Waals surface area (Å²) in [5, 5.41) is 13.2. The lowest BCUT2D eigenvalue weighted by atomic mass is 9.81. The van der Waals surface area contributed by atoms with Crippen LogP contribution in [0.5, 0.6) is 5.75 Å². The van der Waals surface area contributed by atoms with Gasteiger partial charge in [-0.25, -0.2) is 0 Å². The molecule has 7 nitrogen and oxygen atoms in total. The molecule has 0 unspecified atom stereocenters. The van der Waals surface area contributed by atoms with Crippen LogP contribution in [0.4, 0.5) is 11.4 Å². The van der Waals surface area contributed by atoms with E-state index in [0.29, 0.717) is 41.8 Å². The Morgan fingerprint density at radius 1 is 0.853 bits per heavy atom. The van der Waals surface area contributed by atoms with Gasteiger partial charge in [-0.15, -0.1) is 6.42 Å². The van der Waals surface area contributed by atoms with Gasteiger partial charge in [0.2, 0.25) is 5.69 Å². The number of rotatable bonds is 25. The number of fused-ring (bicyclic) bond motifs is 2. The Balaban J connectivity index is 1.02. The average molecular weight is 998 g/mol. The summed E-state index contributed by atoms with van der Waals surface area (Å²) in [6, 6.07) is 22.6. The van der Waals surface area contributed by atoms with E-state index in [1.807, 2.05) is 0 Å². The van der Waals surface area contributed by atoms with Crippen molar-refractivity contribution in [2.24, 2.45) is 0 Å². The van der Waals surface area contributed by atoms with Gasteiger partial charge in [-0.1, -0.05) is 121 Å². The second-order valence-corrected chi connectivity index (χ2v) is 21.4. The van der Waals surface area contributed by atoms with Crippen LogP contribution < -0.4 is 14.7 Å². The molecule has 0 aromatic heterocycles. The van der Waals surface area contributed by atoms with Crippen LogP contribution >= 0.6 is 46.6 Å². The molecule has 0 saturated carbocycles. The zero-order valence-electron chi connectivity index (χ0n) is 40.4. The van der Waals surface area contributed by atoms with Crippen LogP contribution in [0.15, 0.2) is 113 Å². The van der Waals surface area contributed by atoms with Crippen LogP contribution in [0, 0.1) is 12.3 Å². The number of carbonyl (C=O) groups excluding carboxylic acids is 2. The van der Waals surface area contributed by atoms with Crippen molar-refractivity contribution < 1.29 is 24.0 Å². The van der Waals surface area contributed by atoms with E-state index in [2.05, 4.69) is 121 Å². The maximum atomic E-state index is 12.9. The number of nitrogens with zero attached hydrogens (tertiary/aromatic N) is 3. The van der Waals surface area contributed by atoms with E-state index in [-0.39, 0.29) is 22.4 Å². The van der Waals surface area contributed by atoms with Crippen LogP contribution in [-0.2, 0) is 20.4 Å². The van der Waals surface area contributed by atoms with Crippen LogP contribution in [0.25, 0.3) is 0 Å². The average Bonchev–Trinajstić information content (AvgIpc) is 3.66. The number of halogens is 3. The van der Waals surface area contributed by atoms with Crippen molar-refractivity contribution in [3.8, 4) is 18.1 Å². The monoisotopic (exact) mass is 995 g/mol. The normalized spacial score (nSPS) is 17.4. The number of allylic oxidation sites excluding steroid dienone is 8. The summed E-state index contributed by atoms with van der Waals surface area (Å²) in [7, 11) is 0. The van der Waals surface area contributed by atoms with Crippen LogP contribution in [-0.4, -0.2) is 71.4 Å². The quantitative estimate of drug-likeness (QED) is 0.0475. The fraction of sp³-hybridized carbons (Fsp3) is 0.456. The molecular weight excluding hydrogens is 929 g/mol. The summed E-state index contributed by atoms with van der Waals surface area (Å²) in [6.45, 7) is 13.6. The second kappa shape index (κ2) is 25.6. The number of unbranched alkanes of at least 4 members (excludes halogenated alkanes) is 4. The van der Waals surface area contributed by atoms with E-state index >= 15 is 0 Å².